The van der Waals surface area contributed by atoms with E-state index in [2.05, 4.69) is 35.9 Å². The Morgan fingerprint density at radius 1 is 1.31 bits per heavy atom. The number of nitrogens with zero attached hydrogens (tertiary/aromatic N) is 1. The van der Waals surface area contributed by atoms with Gasteiger partial charge in [0.05, 0.1) is 18.1 Å². The van der Waals surface area contributed by atoms with Crippen molar-refractivity contribution in [3.8, 4) is 0 Å². The summed E-state index contributed by atoms with van der Waals surface area (Å²) in [5, 5.41) is 9.07. The molecule has 0 amide bonds. The molecule has 2 aliphatic rings. The second-order valence-corrected chi connectivity index (χ2v) is 11.7. The number of sulfone groups is 1. The number of hydrogen-bond acceptors (Lipinski definition) is 4. The molecular formula is C19H31N3O2S2. The third kappa shape index (κ3) is 5.98. The fourth-order valence-corrected chi connectivity index (χ4v) is 6.21. The first-order chi connectivity index (χ1) is 12.3. The molecule has 1 unspecified atom stereocenters. The Labute approximate surface area is 161 Å². The average Bonchev–Trinajstić information content (AvgIpc) is 3.21. The summed E-state index contributed by atoms with van der Waals surface area (Å²) < 4.78 is 23.3. The van der Waals surface area contributed by atoms with E-state index < -0.39 is 9.84 Å². The fraction of sp³-hybridized carbons (Fsp3) is 0.737. The third-order valence-corrected chi connectivity index (χ3v) is 8.24. The van der Waals surface area contributed by atoms with Crippen molar-refractivity contribution in [3.63, 3.8) is 0 Å². The van der Waals surface area contributed by atoms with Gasteiger partial charge in [0, 0.05) is 17.5 Å². The van der Waals surface area contributed by atoms with Gasteiger partial charge < -0.3 is 10.6 Å². The van der Waals surface area contributed by atoms with Gasteiger partial charge in [-0.05, 0) is 54.9 Å². The van der Waals surface area contributed by atoms with Crippen LogP contribution in [0, 0.1) is 11.3 Å². The molecule has 2 fully saturated rings. The van der Waals surface area contributed by atoms with Crippen LogP contribution in [0.15, 0.2) is 22.5 Å². The van der Waals surface area contributed by atoms with Crippen LogP contribution in [-0.2, 0) is 16.4 Å². The van der Waals surface area contributed by atoms with Crippen molar-refractivity contribution in [1.82, 2.24) is 10.6 Å². The molecule has 1 saturated heterocycles. The molecule has 1 atom stereocenters. The molecular weight excluding hydrogens is 366 g/mol. The van der Waals surface area contributed by atoms with E-state index in [0.717, 1.165) is 25.2 Å². The predicted molar refractivity (Wildman–Crippen MR) is 109 cm³/mol. The van der Waals surface area contributed by atoms with Crippen LogP contribution in [0.1, 0.15) is 50.8 Å². The molecule has 0 bridgehead atoms. The largest absolute Gasteiger partial charge is 0.356 e. The summed E-state index contributed by atoms with van der Waals surface area (Å²) in [4.78, 5) is 5.98. The van der Waals surface area contributed by atoms with E-state index in [9.17, 15) is 8.42 Å². The summed E-state index contributed by atoms with van der Waals surface area (Å²) in [5.74, 6) is 1.65. The molecule has 3 rings (SSSR count). The number of aliphatic imine (C=N–C) groups is 1. The van der Waals surface area contributed by atoms with Crippen molar-refractivity contribution in [2.75, 3.05) is 18.1 Å². The first-order valence-corrected chi connectivity index (χ1v) is 12.3. The molecule has 0 aromatic carbocycles. The zero-order valence-electron chi connectivity index (χ0n) is 15.8. The van der Waals surface area contributed by atoms with Crippen LogP contribution < -0.4 is 10.6 Å². The summed E-state index contributed by atoms with van der Waals surface area (Å²) in [6.07, 6.45) is 5.52. The van der Waals surface area contributed by atoms with Gasteiger partial charge in [-0.2, -0.15) is 0 Å². The monoisotopic (exact) mass is 397 g/mol. The van der Waals surface area contributed by atoms with Gasteiger partial charge >= 0.3 is 0 Å². The molecule has 1 aliphatic carbocycles. The predicted octanol–water partition coefficient (Wildman–Crippen LogP) is 3.19. The quantitative estimate of drug-likeness (QED) is 0.591. The maximum atomic E-state index is 11.7. The fourth-order valence-electron chi connectivity index (χ4n) is 3.72. The minimum Gasteiger partial charge on any atom is -0.356 e. The van der Waals surface area contributed by atoms with Gasteiger partial charge in [-0.25, -0.2) is 13.4 Å². The Kier molecular flexibility index (Phi) is 6.28. The van der Waals surface area contributed by atoms with Crippen molar-refractivity contribution in [2.24, 2.45) is 16.3 Å². The van der Waals surface area contributed by atoms with Crippen molar-refractivity contribution in [3.05, 3.63) is 22.4 Å². The van der Waals surface area contributed by atoms with E-state index in [-0.39, 0.29) is 5.92 Å². The Morgan fingerprint density at radius 3 is 2.69 bits per heavy atom. The Bertz CT molecular complexity index is 701. The highest BCUT2D eigenvalue weighted by molar-refractivity contribution is 7.91. The summed E-state index contributed by atoms with van der Waals surface area (Å²) in [6, 6.07) is 4.59. The standard InChI is InChI=1S/C19H31N3O2S2/c1-19(2)8-5-16(6-9-19)22-18(21-13-17-4-3-10-25-17)20-12-15-7-11-26(23,24)14-15/h3-4,10,15-16H,5-9,11-14H2,1-2H3,(H2,20,21,22). The maximum absolute atomic E-state index is 11.7. The first-order valence-electron chi connectivity index (χ1n) is 9.59. The number of thiophene rings is 1. The number of nitrogens with one attached hydrogen (secondary N) is 2. The van der Waals surface area contributed by atoms with Crippen molar-refractivity contribution in [1.29, 1.82) is 0 Å². The molecule has 1 saturated carbocycles. The number of guanidine groups is 1. The highest BCUT2D eigenvalue weighted by atomic mass is 32.2. The molecule has 5 nitrogen and oxygen atoms in total. The van der Waals surface area contributed by atoms with Crippen LogP contribution in [0.25, 0.3) is 0 Å². The van der Waals surface area contributed by atoms with Gasteiger partial charge in [-0.3, -0.25) is 0 Å². The van der Waals surface area contributed by atoms with Crippen LogP contribution >= 0.6 is 11.3 Å². The van der Waals surface area contributed by atoms with Crippen LogP contribution in [-0.4, -0.2) is 38.5 Å². The summed E-state index contributed by atoms with van der Waals surface area (Å²) >= 11 is 1.71. The lowest BCUT2D eigenvalue weighted by molar-refractivity contribution is 0.216. The third-order valence-electron chi connectivity index (χ3n) is 5.54. The lowest BCUT2D eigenvalue weighted by Gasteiger charge is -2.35. The van der Waals surface area contributed by atoms with Crippen LogP contribution in [0.2, 0.25) is 0 Å². The van der Waals surface area contributed by atoms with Crippen molar-refractivity contribution in [2.45, 2.75) is 58.5 Å². The van der Waals surface area contributed by atoms with E-state index in [4.69, 9.17) is 4.99 Å². The van der Waals surface area contributed by atoms with E-state index in [0.29, 0.717) is 36.1 Å². The van der Waals surface area contributed by atoms with Gasteiger partial charge in [0.1, 0.15) is 0 Å². The topological polar surface area (TPSA) is 70.6 Å². The SMILES string of the molecule is CC1(C)CCC(NC(=NCc2cccs2)NCC2CCS(=O)(=O)C2)CC1. The minimum atomic E-state index is -2.83. The molecule has 146 valence electrons. The van der Waals surface area contributed by atoms with Crippen LogP contribution in [0.5, 0.6) is 0 Å². The second-order valence-electron chi connectivity index (χ2n) is 8.48. The van der Waals surface area contributed by atoms with Gasteiger partial charge in [0.25, 0.3) is 0 Å². The van der Waals surface area contributed by atoms with E-state index in [1.54, 1.807) is 11.3 Å². The van der Waals surface area contributed by atoms with Crippen molar-refractivity contribution >= 4 is 27.1 Å². The van der Waals surface area contributed by atoms with Gasteiger partial charge in [-0.15, -0.1) is 11.3 Å². The number of rotatable bonds is 5. The normalized spacial score (nSPS) is 25.9. The van der Waals surface area contributed by atoms with E-state index in [1.807, 2.05) is 6.07 Å². The van der Waals surface area contributed by atoms with Gasteiger partial charge in [0.2, 0.25) is 0 Å². The zero-order chi connectivity index (χ0) is 18.6. The van der Waals surface area contributed by atoms with Crippen LogP contribution in [0.4, 0.5) is 0 Å². The zero-order valence-corrected chi connectivity index (χ0v) is 17.5. The molecule has 2 N–H and O–H groups in total. The summed E-state index contributed by atoms with van der Waals surface area (Å²) in [7, 11) is -2.83. The molecule has 0 radical (unpaired) electrons. The highest BCUT2D eigenvalue weighted by Gasteiger charge is 2.29. The Morgan fingerprint density at radius 2 is 2.08 bits per heavy atom. The highest BCUT2D eigenvalue weighted by Crippen LogP contribution is 2.34. The van der Waals surface area contributed by atoms with E-state index in [1.165, 1.54) is 17.7 Å². The second kappa shape index (κ2) is 8.30. The van der Waals surface area contributed by atoms with E-state index >= 15 is 0 Å². The molecule has 0 spiro atoms. The lowest BCUT2D eigenvalue weighted by Crippen LogP contribution is -2.47. The molecule has 7 heteroatoms. The van der Waals surface area contributed by atoms with Gasteiger partial charge in [-0.1, -0.05) is 19.9 Å². The average molecular weight is 398 g/mol. The smallest absolute Gasteiger partial charge is 0.191 e. The first kappa shape index (κ1) is 19.7. The summed E-state index contributed by atoms with van der Waals surface area (Å²) in [5.41, 5.74) is 0.443. The maximum Gasteiger partial charge on any atom is 0.191 e. The molecule has 2 heterocycles. The molecule has 1 aliphatic heterocycles. The van der Waals surface area contributed by atoms with Crippen LogP contribution in [0.3, 0.4) is 0 Å². The Hall–Kier alpha value is -1.08. The Balaban J connectivity index is 1.57. The molecule has 26 heavy (non-hydrogen) atoms. The lowest BCUT2D eigenvalue weighted by atomic mass is 9.75. The molecule has 1 aromatic rings. The summed E-state index contributed by atoms with van der Waals surface area (Å²) in [6.45, 7) is 6.02. The minimum absolute atomic E-state index is 0.194. The number of hydrogen-bond donors (Lipinski definition) is 2. The van der Waals surface area contributed by atoms with Gasteiger partial charge in [0.15, 0.2) is 15.8 Å². The van der Waals surface area contributed by atoms with Crippen molar-refractivity contribution < 1.29 is 8.42 Å². The molecule has 1 aromatic heterocycles.